The third-order valence-corrected chi connectivity index (χ3v) is 4.79. The number of hydrogen-bond donors (Lipinski definition) is 0. The van der Waals surface area contributed by atoms with Crippen LogP contribution >= 0.6 is 0 Å². The Labute approximate surface area is 127 Å². The van der Waals surface area contributed by atoms with Gasteiger partial charge < -0.3 is 9.47 Å². The lowest BCUT2D eigenvalue weighted by molar-refractivity contribution is -0.352. The van der Waals surface area contributed by atoms with Crippen molar-refractivity contribution in [3.63, 3.8) is 0 Å². The second kappa shape index (κ2) is 6.23. The smallest absolute Gasteiger partial charge is 0.317 e. The topological polar surface area (TPSA) is 54.0 Å². The third-order valence-electron chi connectivity index (χ3n) is 4.79. The molecule has 2 fully saturated rings. The third kappa shape index (κ3) is 2.96. The van der Waals surface area contributed by atoms with Crippen LogP contribution in [0.4, 0.5) is 0 Å². The van der Waals surface area contributed by atoms with Crippen LogP contribution in [0.5, 0.6) is 0 Å². The highest BCUT2D eigenvalue weighted by molar-refractivity contribution is 5.78. The molecular formula is C16H28O5. The summed E-state index contributed by atoms with van der Waals surface area (Å²) in [5.74, 6) is -2.02. The maximum atomic E-state index is 12.6. The molecule has 0 aromatic rings. The number of ether oxygens (including phenoxy) is 2. The van der Waals surface area contributed by atoms with Gasteiger partial charge in [-0.3, -0.25) is 4.79 Å². The zero-order valence-corrected chi connectivity index (χ0v) is 13.7. The van der Waals surface area contributed by atoms with Crippen LogP contribution in [-0.2, 0) is 24.0 Å². The highest BCUT2D eigenvalue weighted by Gasteiger charge is 2.67. The summed E-state index contributed by atoms with van der Waals surface area (Å²) in [6, 6.07) is 0. The van der Waals surface area contributed by atoms with E-state index in [1.165, 1.54) is 6.42 Å². The van der Waals surface area contributed by atoms with Gasteiger partial charge in [0.15, 0.2) is 0 Å². The molecule has 0 aromatic heterocycles. The van der Waals surface area contributed by atoms with E-state index in [9.17, 15) is 4.79 Å². The zero-order chi connectivity index (χ0) is 15.6. The summed E-state index contributed by atoms with van der Waals surface area (Å²) in [4.78, 5) is 23.5. The molecule has 2 bridgehead atoms. The number of unbranched alkanes of at least 4 members (excludes halogenated alkanes) is 3. The molecule has 2 heterocycles. The van der Waals surface area contributed by atoms with E-state index in [1.807, 2.05) is 13.8 Å². The molecule has 122 valence electrons. The SMILES string of the molecule is CCCCCC[C@]1(C(=O)OCC)CC[C@]2(C)OO[C@@]1(C)O2. The van der Waals surface area contributed by atoms with E-state index in [0.29, 0.717) is 25.9 Å². The summed E-state index contributed by atoms with van der Waals surface area (Å²) in [5.41, 5.74) is -0.771. The van der Waals surface area contributed by atoms with Gasteiger partial charge in [-0.15, -0.1) is 0 Å². The van der Waals surface area contributed by atoms with Crippen LogP contribution in [0.2, 0.25) is 0 Å². The summed E-state index contributed by atoms with van der Waals surface area (Å²) in [6.45, 7) is 8.01. The van der Waals surface area contributed by atoms with Gasteiger partial charge in [-0.1, -0.05) is 32.6 Å². The largest absolute Gasteiger partial charge is 0.465 e. The number of carbonyl (C=O) groups excluding carboxylic acids is 1. The van der Waals surface area contributed by atoms with Gasteiger partial charge in [-0.25, -0.2) is 0 Å². The first-order chi connectivity index (χ1) is 9.91. The van der Waals surface area contributed by atoms with E-state index >= 15 is 0 Å². The van der Waals surface area contributed by atoms with Gasteiger partial charge in [0.2, 0.25) is 11.6 Å². The second-order valence-electron chi connectivity index (χ2n) is 6.46. The summed E-state index contributed by atoms with van der Waals surface area (Å²) in [6.07, 6.45) is 6.42. The number of hydrogen-bond acceptors (Lipinski definition) is 5. The molecule has 0 spiro atoms. The standard InChI is InChI=1S/C16H28O5/c1-5-7-8-9-10-16(13(17)18-6-2)12-11-14(3)19-15(16,4)21-20-14/h5-12H2,1-4H3/t14-,15+,16+/m0/s1. The van der Waals surface area contributed by atoms with E-state index in [-0.39, 0.29) is 5.97 Å². The molecule has 0 aliphatic carbocycles. The minimum Gasteiger partial charge on any atom is -0.465 e. The number of esters is 1. The van der Waals surface area contributed by atoms with Gasteiger partial charge in [-0.2, -0.15) is 9.78 Å². The summed E-state index contributed by atoms with van der Waals surface area (Å²) in [7, 11) is 0. The second-order valence-corrected chi connectivity index (χ2v) is 6.46. The number of fused-ring (bicyclic) bond motifs is 2. The van der Waals surface area contributed by atoms with Gasteiger partial charge in [0.25, 0.3) is 0 Å². The van der Waals surface area contributed by atoms with E-state index in [4.69, 9.17) is 19.2 Å². The van der Waals surface area contributed by atoms with E-state index in [2.05, 4.69) is 6.92 Å². The molecule has 2 aliphatic rings. The van der Waals surface area contributed by atoms with Crippen LogP contribution in [0.25, 0.3) is 0 Å². The maximum Gasteiger partial charge on any atom is 0.317 e. The molecule has 2 saturated heterocycles. The summed E-state index contributed by atoms with van der Waals surface area (Å²) in [5, 5.41) is 0. The normalized spacial score (nSPS) is 38.5. The van der Waals surface area contributed by atoms with Crippen molar-refractivity contribution in [1.82, 2.24) is 0 Å². The van der Waals surface area contributed by atoms with Gasteiger partial charge in [0.1, 0.15) is 5.41 Å². The zero-order valence-electron chi connectivity index (χ0n) is 13.7. The molecule has 5 heteroatoms. The Morgan fingerprint density at radius 3 is 2.52 bits per heavy atom. The molecular weight excluding hydrogens is 272 g/mol. The van der Waals surface area contributed by atoms with Gasteiger partial charge in [0, 0.05) is 6.42 Å². The van der Waals surface area contributed by atoms with Crippen LogP contribution in [0, 0.1) is 5.41 Å². The van der Waals surface area contributed by atoms with Gasteiger partial charge >= 0.3 is 5.97 Å². The molecule has 0 radical (unpaired) electrons. The molecule has 0 N–H and O–H groups in total. The monoisotopic (exact) mass is 300 g/mol. The van der Waals surface area contributed by atoms with E-state index in [0.717, 1.165) is 19.3 Å². The van der Waals surface area contributed by atoms with Crippen molar-refractivity contribution in [2.45, 2.75) is 84.2 Å². The number of carbonyl (C=O) groups is 1. The lowest BCUT2D eigenvalue weighted by Gasteiger charge is -2.45. The first kappa shape index (κ1) is 16.7. The fourth-order valence-corrected chi connectivity index (χ4v) is 3.42. The van der Waals surface area contributed by atoms with Crippen molar-refractivity contribution < 1.29 is 24.0 Å². The lowest BCUT2D eigenvalue weighted by Crippen LogP contribution is -2.57. The fourth-order valence-electron chi connectivity index (χ4n) is 3.42. The molecule has 0 unspecified atom stereocenters. The van der Waals surface area contributed by atoms with Crippen molar-refractivity contribution in [3.8, 4) is 0 Å². The molecule has 2 aliphatic heterocycles. The lowest BCUT2D eigenvalue weighted by atomic mass is 9.69. The predicted molar refractivity (Wildman–Crippen MR) is 77.1 cm³/mol. The summed E-state index contributed by atoms with van der Waals surface area (Å²) < 4.78 is 11.3. The molecule has 0 saturated carbocycles. The van der Waals surface area contributed by atoms with Crippen LogP contribution < -0.4 is 0 Å². The Bertz CT molecular complexity index is 385. The van der Waals surface area contributed by atoms with Crippen molar-refractivity contribution >= 4 is 5.97 Å². The quantitative estimate of drug-likeness (QED) is 0.407. The maximum absolute atomic E-state index is 12.6. The van der Waals surface area contributed by atoms with Crippen LogP contribution in [-0.4, -0.2) is 24.2 Å². The van der Waals surface area contributed by atoms with E-state index < -0.39 is 17.0 Å². The highest BCUT2D eigenvalue weighted by atomic mass is 17.3. The molecule has 0 amide bonds. The van der Waals surface area contributed by atoms with Crippen LogP contribution in [0.1, 0.15) is 72.6 Å². The Hall–Kier alpha value is -0.650. The molecule has 3 atom stereocenters. The van der Waals surface area contributed by atoms with Crippen molar-refractivity contribution in [2.24, 2.45) is 5.41 Å². The van der Waals surface area contributed by atoms with Crippen LogP contribution in [0.15, 0.2) is 0 Å². The minimum absolute atomic E-state index is 0.225. The van der Waals surface area contributed by atoms with E-state index in [1.54, 1.807) is 6.92 Å². The Balaban J connectivity index is 2.18. The molecule has 0 aromatic carbocycles. The predicted octanol–water partition coefficient (Wildman–Crippen LogP) is 3.71. The fraction of sp³-hybridized carbons (Fsp3) is 0.938. The average Bonchev–Trinajstić information content (AvgIpc) is 2.71. The molecule has 5 nitrogen and oxygen atoms in total. The minimum atomic E-state index is -1.06. The van der Waals surface area contributed by atoms with Gasteiger partial charge in [0.05, 0.1) is 6.61 Å². The number of rotatable bonds is 7. The van der Waals surface area contributed by atoms with Crippen LogP contribution in [0.3, 0.4) is 0 Å². The molecule has 21 heavy (non-hydrogen) atoms. The molecule has 2 rings (SSSR count). The summed E-state index contributed by atoms with van der Waals surface area (Å²) >= 11 is 0. The van der Waals surface area contributed by atoms with Gasteiger partial charge in [-0.05, 0) is 33.6 Å². The first-order valence-electron chi connectivity index (χ1n) is 8.15. The highest BCUT2D eigenvalue weighted by Crippen LogP contribution is 2.56. The van der Waals surface area contributed by atoms with Crippen molar-refractivity contribution in [1.29, 1.82) is 0 Å². The van der Waals surface area contributed by atoms with Crippen molar-refractivity contribution in [2.75, 3.05) is 6.61 Å². The average molecular weight is 300 g/mol. The Kier molecular flexibility index (Phi) is 4.96. The Morgan fingerprint density at radius 2 is 1.86 bits per heavy atom. The Morgan fingerprint density at radius 1 is 1.10 bits per heavy atom. The first-order valence-corrected chi connectivity index (χ1v) is 8.15. The van der Waals surface area contributed by atoms with Crippen molar-refractivity contribution in [3.05, 3.63) is 0 Å².